The minimum Gasteiger partial charge on any atom is -0.481 e. The topological polar surface area (TPSA) is 147 Å². The largest absolute Gasteiger partial charge is 0.481 e. The monoisotopic (exact) mass is 270 g/mol. The number of amides is 1. The summed E-state index contributed by atoms with van der Waals surface area (Å²) in [4.78, 5) is 38.9. The van der Waals surface area contributed by atoms with Crippen molar-refractivity contribution in [2.75, 3.05) is 13.0 Å². The third-order valence-electron chi connectivity index (χ3n) is 1.84. The zero-order valence-electron chi connectivity index (χ0n) is 9.11. The van der Waals surface area contributed by atoms with Gasteiger partial charge in [0.25, 0.3) is 5.91 Å². The number of rotatable bonds is 7. The molecule has 0 aliphatic carbocycles. The molecule has 0 aliphatic heterocycles. The number of hydrogen-bond donors (Lipinski definition) is 5. The first-order valence-electron chi connectivity index (χ1n) is 4.67. The second-order valence-electron chi connectivity index (χ2n) is 3.27. The Morgan fingerprint density at radius 3 is 2.29 bits per heavy atom. The molecule has 0 aromatic heterocycles. The number of carboxylic acid groups (broad SMARTS) is 1. The van der Waals surface area contributed by atoms with E-state index >= 15 is 0 Å². The summed E-state index contributed by atoms with van der Waals surface area (Å²) in [5.41, 5.74) is 0. The number of carboxylic acids is 1. The molecule has 0 fully saturated rings. The van der Waals surface area contributed by atoms with Crippen molar-refractivity contribution in [3.8, 4) is 0 Å². The lowest BCUT2D eigenvalue weighted by atomic mass is 10.1. The average Bonchev–Trinajstić information content (AvgIpc) is 2.15. The van der Waals surface area contributed by atoms with E-state index in [0.29, 0.717) is 0 Å². The standard InChI is InChI=1S/C7H15N2O7P/c1-2-5(7(11)12)6(10)9(13)3-8-4-17(14,15)16/h5,8,13H,2-4H2,1H3,(H,11,12)(H2,14,15,16). The molecule has 10 heteroatoms. The average molecular weight is 270 g/mol. The second kappa shape index (κ2) is 6.67. The number of aliphatic carboxylic acids is 1. The number of carbonyl (C=O) groups excluding carboxylic acids is 1. The van der Waals surface area contributed by atoms with E-state index in [1.54, 1.807) is 0 Å². The van der Waals surface area contributed by atoms with Gasteiger partial charge < -0.3 is 14.9 Å². The van der Waals surface area contributed by atoms with Gasteiger partial charge in [-0.1, -0.05) is 6.92 Å². The van der Waals surface area contributed by atoms with Crippen LogP contribution in [0.25, 0.3) is 0 Å². The summed E-state index contributed by atoms with van der Waals surface area (Å²) in [5, 5.41) is 20.0. The molecule has 5 N–H and O–H groups in total. The highest BCUT2D eigenvalue weighted by atomic mass is 31.2. The lowest BCUT2D eigenvalue weighted by Gasteiger charge is -2.19. The first-order valence-corrected chi connectivity index (χ1v) is 6.47. The fourth-order valence-electron chi connectivity index (χ4n) is 1.01. The number of nitrogens with one attached hydrogen (secondary N) is 1. The van der Waals surface area contributed by atoms with E-state index in [1.807, 2.05) is 0 Å². The Labute approximate surface area is 97.2 Å². The summed E-state index contributed by atoms with van der Waals surface area (Å²) in [6.45, 7) is 0.904. The molecular formula is C7H15N2O7P. The number of hydroxylamine groups is 2. The molecule has 0 rings (SSSR count). The van der Waals surface area contributed by atoms with Crippen molar-refractivity contribution in [1.82, 2.24) is 10.4 Å². The van der Waals surface area contributed by atoms with Gasteiger partial charge in [-0.3, -0.25) is 24.7 Å². The molecule has 1 unspecified atom stereocenters. The molecule has 100 valence electrons. The quantitative estimate of drug-likeness (QED) is 0.130. The van der Waals surface area contributed by atoms with E-state index in [4.69, 9.17) is 20.1 Å². The molecule has 0 aromatic carbocycles. The van der Waals surface area contributed by atoms with Crippen molar-refractivity contribution in [3.05, 3.63) is 0 Å². The van der Waals surface area contributed by atoms with E-state index in [1.165, 1.54) is 6.92 Å². The highest BCUT2D eigenvalue weighted by Gasteiger charge is 2.28. The molecular weight excluding hydrogens is 255 g/mol. The minimum absolute atomic E-state index is 0.00369. The van der Waals surface area contributed by atoms with E-state index in [2.05, 4.69) is 5.32 Å². The van der Waals surface area contributed by atoms with Crippen molar-refractivity contribution in [2.45, 2.75) is 13.3 Å². The van der Waals surface area contributed by atoms with Crippen LogP contribution in [-0.4, -0.2) is 50.0 Å². The summed E-state index contributed by atoms with van der Waals surface area (Å²) < 4.78 is 10.4. The predicted octanol–water partition coefficient (Wildman–Crippen LogP) is -1.00. The summed E-state index contributed by atoms with van der Waals surface area (Å²) in [5.74, 6) is -3.79. The number of nitrogens with zero attached hydrogens (tertiary/aromatic N) is 1. The molecule has 9 nitrogen and oxygen atoms in total. The number of carbonyl (C=O) groups is 2. The van der Waals surface area contributed by atoms with Crippen LogP contribution in [0.4, 0.5) is 0 Å². The van der Waals surface area contributed by atoms with Crippen molar-refractivity contribution in [2.24, 2.45) is 5.92 Å². The Morgan fingerprint density at radius 2 is 1.94 bits per heavy atom. The second-order valence-corrected chi connectivity index (χ2v) is 4.91. The van der Waals surface area contributed by atoms with E-state index in [9.17, 15) is 14.2 Å². The number of hydrogen-bond acceptors (Lipinski definition) is 5. The van der Waals surface area contributed by atoms with Crippen LogP contribution in [-0.2, 0) is 14.2 Å². The maximum Gasteiger partial charge on any atom is 0.339 e. The van der Waals surface area contributed by atoms with Gasteiger partial charge in [0.05, 0.1) is 6.67 Å². The molecule has 0 aromatic rings. The molecule has 0 saturated heterocycles. The van der Waals surface area contributed by atoms with Gasteiger partial charge in [-0.05, 0) is 6.42 Å². The summed E-state index contributed by atoms with van der Waals surface area (Å²) >= 11 is 0. The van der Waals surface area contributed by atoms with Crippen LogP contribution in [0.5, 0.6) is 0 Å². The van der Waals surface area contributed by atoms with E-state index in [-0.39, 0.29) is 11.5 Å². The first kappa shape index (κ1) is 16.0. The van der Waals surface area contributed by atoms with Crippen LogP contribution in [0.15, 0.2) is 0 Å². The SMILES string of the molecule is CCC(C(=O)O)C(=O)N(O)CNCP(=O)(O)O. The molecule has 0 heterocycles. The van der Waals surface area contributed by atoms with Crippen LogP contribution in [0.3, 0.4) is 0 Å². The van der Waals surface area contributed by atoms with Gasteiger partial charge in [-0.15, -0.1) is 0 Å². The Hall–Kier alpha value is -0.990. The summed E-state index contributed by atoms with van der Waals surface area (Å²) in [6, 6.07) is 0. The van der Waals surface area contributed by atoms with Crippen molar-refractivity contribution >= 4 is 19.5 Å². The maximum absolute atomic E-state index is 11.3. The summed E-state index contributed by atoms with van der Waals surface area (Å²) in [6.07, 6.45) is -0.717. The third kappa shape index (κ3) is 6.35. The minimum atomic E-state index is -4.28. The smallest absolute Gasteiger partial charge is 0.339 e. The molecule has 0 aliphatic rings. The summed E-state index contributed by atoms with van der Waals surface area (Å²) in [7, 11) is -4.28. The molecule has 0 radical (unpaired) electrons. The predicted molar refractivity (Wildman–Crippen MR) is 55.0 cm³/mol. The van der Waals surface area contributed by atoms with Crippen LogP contribution in [0, 0.1) is 5.92 Å². The Kier molecular flexibility index (Phi) is 6.29. The van der Waals surface area contributed by atoms with Crippen LogP contribution >= 0.6 is 7.60 Å². The highest BCUT2D eigenvalue weighted by Crippen LogP contribution is 2.31. The van der Waals surface area contributed by atoms with E-state index < -0.39 is 38.3 Å². The normalized spacial score (nSPS) is 13.2. The zero-order chi connectivity index (χ0) is 13.6. The van der Waals surface area contributed by atoms with Gasteiger partial charge in [-0.2, -0.15) is 0 Å². The van der Waals surface area contributed by atoms with E-state index in [0.717, 1.165) is 0 Å². The molecule has 0 saturated carbocycles. The van der Waals surface area contributed by atoms with Crippen LogP contribution in [0.1, 0.15) is 13.3 Å². The molecule has 1 amide bonds. The van der Waals surface area contributed by atoms with Crippen molar-refractivity contribution < 1.29 is 34.3 Å². The van der Waals surface area contributed by atoms with Crippen LogP contribution in [0.2, 0.25) is 0 Å². The molecule has 0 bridgehead atoms. The van der Waals surface area contributed by atoms with Crippen LogP contribution < -0.4 is 5.32 Å². The first-order chi connectivity index (χ1) is 7.69. The third-order valence-corrected chi connectivity index (χ3v) is 2.47. The van der Waals surface area contributed by atoms with Gasteiger partial charge in [0, 0.05) is 0 Å². The Bertz CT molecular complexity index is 328. The van der Waals surface area contributed by atoms with Gasteiger partial charge in [0.1, 0.15) is 12.2 Å². The molecule has 17 heavy (non-hydrogen) atoms. The van der Waals surface area contributed by atoms with Gasteiger partial charge >= 0.3 is 13.6 Å². The van der Waals surface area contributed by atoms with Crippen molar-refractivity contribution in [1.29, 1.82) is 0 Å². The zero-order valence-corrected chi connectivity index (χ0v) is 10.0. The molecule has 1 atom stereocenters. The fraction of sp³-hybridized carbons (Fsp3) is 0.714. The lowest BCUT2D eigenvalue weighted by molar-refractivity contribution is -0.176. The van der Waals surface area contributed by atoms with Gasteiger partial charge in [-0.25, -0.2) is 5.06 Å². The van der Waals surface area contributed by atoms with Crippen molar-refractivity contribution in [3.63, 3.8) is 0 Å². The fourth-order valence-corrected chi connectivity index (χ4v) is 1.41. The molecule has 0 spiro atoms. The lowest BCUT2D eigenvalue weighted by Crippen LogP contribution is -2.42. The highest BCUT2D eigenvalue weighted by molar-refractivity contribution is 7.51. The maximum atomic E-state index is 11.3. The Morgan fingerprint density at radius 1 is 1.41 bits per heavy atom. The Balaban J connectivity index is 4.22. The van der Waals surface area contributed by atoms with Gasteiger partial charge in [0.2, 0.25) is 0 Å². The van der Waals surface area contributed by atoms with Gasteiger partial charge in [0.15, 0.2) is 0 Å².